The highest BCUT2D eigenvalue weighted by atomic mass is 32.2. The van der Waals surface area contributed by atoms with Gasteiger partial charge >= 0.3 is 12.0 Å². The molecule has 7 heteroatoms. The molecule has 0 saturated carbocycles. The second kappa shape index (κ2) is 4.86. The first-order chi connectivity index (χ1) is 9.06. The molecule has 3 rings (SSSR count). The van der Waals surface area contributed by atoms with Crippen LogP contribution in [0.1, 0.15) is 19.8 Å². The molecule has 4 unspecified atom stereocenters. The van der Waals surface area contributed by atoms with Gasteiger partial charge in [-0.25, -0.2) is 9.59 Å². The summed E-state index contributed by atoms with van der Waals surface area (Å²) in [5.41, 5.74) is 0. The Balaban J connectivity index is 1.73. The van der Waals surface area contributed by atoms with E-state index in [1.165, 1.54) is 16.7 Å². The Morgan fingerprint density at radius 3 is 2.47 bits per heavy atom. The van der Waals surface area contributed by atoms with E-state index in [1.54, 1.807) is 4.90 Å². The number of carboxylic acid groups (broad SMARTS) is 1. The molecule has 0 aliphatic carbocycles. The van der Waals surface area contributed by atoms with Gasteiger partial charge in [-0.05, 0) is 19.8 Å². The van der Waals surface area contributed by atoms with Crippen LogP contribution in [-0.4, -0.2) is 69.4 Å². The molecule has 0 aromatic heterocycles. The van der Waals surface area contributed by atoms with Crippen molar-refractivity contribution >= 4 is 23.8 Å². The van der Waals surface area contributed by atoms with Gasteiger partial charge in [-0.15, -0.1) is 11.8 Å². The van der Waals surface area contributed by atoms with Crippen LogP contribution >= 0.6 is 11.8 Å². The number of likely N-dealkylation sites (tertiary alicyclic amines) is 1. The largest absolute Gasteiger partial charge is 0.480 e. The Morgan fingerprint density at radius 2 is 1.89 bits per heavy atom. The maximum absolute atomic E-state index is 12.6. The maximum atomic E-state index is 12.6. The molecule has 6 nitrogen and oxygen atoms in total. The van der Waals surface area contributed by atoms with Crippen LogP contribution in [-0.2, 0) is 9.53 Å². The van der Waals surface area contributed by atoms with Crippen LogP contribution in [0.5, 0.6) is 0 Å². The van der Waals surface area contributed by atoms with E-state index in [9.17, 15) is 14.7 Å². The summed E-state index contributed by atoms with van der Waals surface area (Å²) in [5.74, 6) is -0.444. The molecule has 19 heavy (non-hydrogen) atoms. The molecule has 0 radical (unpaired) electrons. The number of ether oxygens (including phenoxy) is 1. The summed E-state index contributed by atoms with van der Waals surface area (Å²) in [6, 6.07) is -0.849. The lowest BCUT2D eigenvalue weighted by Crippen LogP contribution is -2.55. The summed E-state index contributed by atoms with van der Waals surface area (Å²) in [6.07, 6.45) is 2.27. The first-order valence-corrected chi connectivity index (χ1v) is 7.68. The molecule has 1 N–H and O–H groups in total. The van der Waals surface area contributed by atoms with Crippen molar-refractivity contribution in [2.75, 3.05) is 18.8 Å². The summed E-state index contributed by atoms with van der Waals surface area (Å²) in [5, 5.41) is 9.14. The number of morpholine rings is 1. The van der Waals surface area contributed by atoms with Gasteiger partial charge in [0, 0.05) is 18.8 Å². The zero-order chi connectivity index (χ0) is 13.6. The number of carbonyl (C=O) groups excluding carboxylic acids is 1. The third kappa shape index (κ3) is 2.29. The van der Waals surface area contributed by atoms with Crippen molar-refractivity contribution in [3.05, 3.63) is 0 Å². The average molecular weight is 286 g/mol. The van der Waals surface area contributed by atoms with E-state index >= 15 is 0 Å². The van der Waals surface area contributed by atoms with Gasteiger partial charge < -0.3 is 14.7 Å². The normalized spacial score (nSPS) is 37.7. The van der Waals surface area contributed by atoms with Gasteiger partial charge in [0.05, 0.1) is 17.6 Å². The lowest BCUT2D eigenvalue weighted by molar-refractivity contribution is -0.141. The molecule has 0 aromatic carbocycles. The monoisotopic (exact) mass is 286 g/mol. The van der Waals surface area contributed by atoms with Crippen molar-refractivity contribution in [1.29, 1.82) is 0 Å². The van der Waals surface area contributed by atoms with Crippen LogP contribution in [0, 0.1) is 0 Å². The van der Waals surface area contributed by atoms with Gasteiger partial charge in [0.1, 0.15) is 6.04 Å². The predicted octanol–water partition coefficient (Wildman–Crippen LogP) is 0.818. The molecule has 3 aliphatic heterocycles. The van der Waals surface area contributed by atoms with Crippen molar-refractivity contribution in [2.45, 2.75) is 43.4 Å². The summed E-state index contributed by atoms with van der Waals surface area (Å²) < 4.78 is 5.71. The first kappa shape index (κ1) is 13.1. The maximum Gasteiger partial charge on any atom is 0.327 e. The minimum Gasteiger partial charge on any atom is -0.480 e. The van der Waals surface area contributed by atoms with Crippen LogP contribution in [0.4, 0.5) is 4.79 Å². The molecule has 3 aliphatic rings. The SMILES string of the molecule is CC1SCC(C(=O)O)N1C(=O)N1CC2CCC(C1)O2. The molecule has 4 atom stereocenters. The molecule has 3 fully saturated rings. The van der Waals surface area contributed by atoms with Crippen molar-refractivity contribution < 1.29 is 19.4 Å². The molecule has 2 bridgehead atoms. The van der Waals surface area contributed by atoms with E-state index in [4.69, 9.17) is 4.74 Å². The van der Waals surface area contributed by atoms with E-state index in [0.29, 0.717) is 18.8 Å². The second-order valence-corrected chi connectivity index (χ2v) is 6.69. The van der Waals surface area contributed by atoms with E-state index in [2.05, 4.69) is 0 Å². The zero-order valence-electron chi connectivity index (χ0n) is 10.8. The highest BCUT2D eigenvalue weighted by Crippen LogP contribution is 2.32. The topological polar surface area (TPSA) is 70.1 Å². The fourth-order valence-electron chi connectivity index (χ4n) is 3.06. The lowest BCUT2D eigenvalue weighted by Gasteiger charge is -2.37. The fraction of sp³-hybridized carbons (Fsp3) is 0.833. The Hall–Kier alpha value is -0.950. The average Bonchev–Trinajstić information content (AvgIpc) is 2.91. The third-order valence-electron chi connectivity index (χ3n) is 4.04. The van der Waals surface area contributed by atoms with Gasteiger partial charge in [0.15, 0.2) is 0 Å². The van der Waals surface area contributed by atoms with E-state index in [1.807, 2.05) is 6.92 Å². The second-order valence-electron chi connectivity index (χ2n) is 5.34. The van der Waals surface area contributed by atoms with Gasteiger partial charge in [-0.3, -0.25) is 4.90 Å². The van der Waals surface area contributed by atoms with Gasteiger partial charge in [-0.1, -0.05) is 0 Å². The fourth-order valence-corrected chi connectivity index (χ4v) is 4.22. The number of rotatable bonds is 1. The number of fused-ring (bicyclic) bond motifs is 2. The van der Waals surface area contributed by atoms with Crippen molar-refractivity contribution in [3.63, 3.8) is 0 Å². The Kier molecular flexibility index (Phi) is 3.34. The van der Waals surface area contributed by atoms with Gasteiger partial charge in [-0.2, -0.15) is 0 Å². The highest BCUT2D eigenvalue weighted by Gasteiger charge is 2.44. The highest BCUT2D eigenvalue weighted by molar-refractivity contribution is 8.00. The third-order valence-corrected chi connectivity index (χ3v) is 5.26. The lowest BCUT2D eigenvalue weighted by atomic mass is 10.2. The quantitative estimate of drug-likeness (QED) is 0.772. The Labute approximate surface area is 116 Å². The summed E-state index contributed by atoms with van der Waals surface area (Å²) in [6.45, 7) is 3.08. The molecule has 0 spiro atoms. The van der Waals surface area contributed by atoms with Crippen molar-refractivity contribution in [2.24, 2.45) is 0 Å². The number of carbonyl (C=O) groups is 2. The molecule has 106 valence electrons. The van der Waals surface area contributed by atoms with Crippen LogP contribution in [0.25, 0.3) is 0 Å². The summed E-state index contributed by atoms with van der Waals surface area (Å²) in [4.78, 5) is 27.1. The number of nitrogens with zero attached hydrogens (tertiary/aromatic N) is 2. The molecular formula is C12H18N2O4S. The number of carboxylic acids is 1. The van der Waals surface area contributed by atoms with Gasteiger partial charge in [0.2, 0.25) is 0 Å². The standard InChI is InChI=1S/C12H18N2O4S/c1-7-14(10(6-19-7)11(15)16)12(17)13-4-8-2-3-9(5-13)18-8/h7-10H,2-6H2,1H3,(H,15,16). The van der Waals surface area contributed by atoms with Crippen LogP contribution in [0.2, 0.25) is 0 Å². The van der Waals surface area contributed by atoms with Crippen LogP contribution in [0.3, 0.4) is 0 Å². The molecule has 3 saturated heterocycles. The predicted molar refractivity (Wildman–Crippen MR) is 70.0 cm³/mol. The molecule has 2 amide bonds. The number of thioether (sulfide) groups is 1. The first-order valence-electron chi connectivity index (χ1n) is 6.63. The van der Waals surface area contributed by atoms with E-state index < -0.39 is 12.0 Å². The van der Waals surface area contributed by atoms with Crippen LogP contribution < -0.4 is 0 Å². The smallest absolute Gasteiger partial charge is 0.327 e. The van der Waals surface area contributed by atoms with Crippen LogP contribution in [0.15, 0.2) is 0 Å². The van der Waals surface area contributed by atoms with E-state index in [-0.39, 0.29) is 23.6 Å². The molecule has 0 aromatic rings. The van der Waals surface area contributed by atoms with Gasteiger partial charge in [0.25, 0.3) is 0 Å². The minimum absolute atomic E-state index is 0.0749. The number of aliphatic carboxylic acids is 1. The Morgan fingerprint density at radius 1 is 1.26 bits per heavy atom. The van der Waals surface area contributed by atoms with Crippen molar-refractivity contribution in [1.82, 2.24) is 9.80 Å². The van der Waals surface area contributed by atoms with Crippen molar-refractivity contribution in [3.8, 4) is 0 Å². The number of hydrogen-bond donors (Lipinski definition) is 1. The summed E-state index contributed by atoms with van der Waals surface area (Å²) in [7, 11) is 0. The minimum atomic E-state index is -0.915. The Bertz CT molecular complexity index is 393. The molecular weight excluding hydrogens is 268 g/mol. The number of amides is 2. The van der Waals surface area contributed by atoms with E-state index in [0.717, 1.165) is 12.8 Å². The number of hydrogen-bond acceptors (Lipinski definition) is 4. The summed E-state index contributed by atoms with van der Waals surface area (Å²) >= 11 is 1.52. The number of urea groups is 1. The molecule has 3 heterocycles. The zero-order valence-corrected chi connectivity index (χ0v) is 11.6.